The number of nitrogens with two attached hydrogens (primary N) is 1. The van der Waals surface area contributed by atoms with E-state index in [4.69, 9.17) is 5.73 Å². The normalized spacial score (nSPS) is 12.5. The summed E-state index contributed by atoms with van der Waals surface area (Å²) in [6, 6.07) is -0.263. The number of imidazole rings is 1. The van der Waals surface area contributed by atoms with E-state index < -0.39 is 12.0 Å². The van der Waals surface area contributed by atoms with Crippen LogP contribution in [0.2, 0.25) is 0 Å². The number of halogens is 3. The second-order valence-electron chi connectivity index (χ2n) is 3.59. The Morgan fingerprint density at radius 2 is 2.07 bits per heavy atom. The van der Waals surface area contributed by atoms with Crippen LogP contribution in [0.25, 0.3) is 0 Å². The molecule has 15 heavy (non-hydrogen) atoms. The largest absolute Gasteiger partial charge is 0.449 e. The van der Waals surface area contributed by atoms with Crippen LogP contribution in [-0.4, -0.2) is 16.1 Å². The van der Waals surface area contributed by atoms with E-state index >= 15 is 0 Å². The molecule has 0 saturated heterocycles. The van der Waals surface area contributed by atoms with Crippen LogP contribution < -0.4 is 5.73 Å². The molecule has 0 aliphatic carbocycles. The fraction of sp³-hybridized carbons (Fsp3) is 0.667. The second kappa shape index (κ2) is 4.22. The highest BCUT2D eigenvalue weighted by Crippen LogP contribution is 2.30. The fourth-order valence-corrected chi connectivity index (χ4v) is 1.32. The van der Waals surface area contributed by atoms with Gasteiger partial charge in [-0.2, -0.15) is 13.2 Å². The van der Waals surface area contributed by atoms with E-state index in [1.54, 1.807) is 13.8 Å². The molecule has 6 heteroatoms. The summed E-state index contributed by atoms with van der Waals surface area (Å²) < 4.78 is 38.8. The van der Waals surface area contributed by atoms with Crippen molar-refractivity contribution < 1.29 is 13.2 Å². The molecular formula is C9H14F3N3. The summed E-state index contributed by atoms with van der Waals surface area (Å²) in [7, 11) is 0. The molecule has 0 saturated carbocycles. The van der Waals surface area contributed by atoms with Gasteiger partial charge in [-0.3, -0.25) is 0 Å². The van der Waals surface area contributed by atoms with Gasteiger partial charge in [-0.05, 0) is 20.4 Å². The highest BCUT2D eigenvalue weighted by atomic mass is 19.4. The molecule has 0 radical (unpaired) electrons. The van der Waals surface area contributed by atoms with Gasteiger partial charge in [0.25, 0.3) is 0 Å². The van der Waals surface area contributed by atoms with Crippen molar-refractivity contribution in [3.05, 3.63) is 17.7 Å². The Bertz CT molecular complexity index is 328. The number of hydrogen-bond acceptors (Lipinski definition) is 2. The molecule has 0 atom stereocenters. The monoisotopic (exact) mass is 221 g/mol. The first-order valence-corrected chi connectivity index (χ1v) is 4.71. The maximum Gasteiger partial charge on any atom is 0.449 e. The third kappa shape index (κ3) is 2.71. The highest BCUT2D eigenvalue weighted by Gasteiger charge is 2.37. The molecule has 0 spiro atoms. The smallest absolute Gasteiger partial charge is 0.330 e. The topological polar surface area (TPSA) is 43.8 Å². The van der Waals surface area contributed by atoms with Crippen LogP contribution in [0.15, 0.2) is 6.20 Å². The van der Waals surface area contributed by atoms with E-state index in [0.717, 1.165) is 4.57 Å². The van der Waals surface area contributed by atoms with Gasteiger partial charge in [-0.15, -0.1) is 0 Å². The van der Waals surface area contributed by atoms with Gasteiger partial charge in [0.2, 0.25) is 5.82 Å². The molecule has 0 aliphatic heterocycles. The summed E-state index contributed by atoms with van der Waals surface area (Å²) in [6.07, 6.45) is -2.62. The summed E-state index contributed by atoms with van der Waals surface area (Å²) >= 11 is 0. The molecule has 1 heterocycles. The third-order valence-corrected chi connectivity index (χ3v) is 1.99. The van der Waals surface area contributed by atoms with Crippen molar-refractivity contribution >= 4 is 0 Å². The van der Waals surface area contributed by atoms with Crippen LogP contribution >= 0.6 is 0 Å². The molecule has 0 aliphatic rings. The Kier molecular flexibility index (Phi) is 3.38. The zero-order valence-electron chi connectivity index (χ0n) is 8.67. The number of nitrogens with zero attached hydrogens (tertiary/aromatic N) is 2. The van der Waals surface area contributed by atoms with Gasteiger partial charge in [0.1, 0.15) is 0 Å². The lowest BCUT2D eigenvalue weighted by Crippen LogP contribution is -2.15. The zero-order valence-corrected chi connectivity index (χ0v) is 8.67. The lowest BCUT2D eigenvalue weighted by molar-refractivity contribution is -0.147. The maximum absolute atomic E-state index is 12.5. The first-order valence-electron chi connectivity index (χ1n) is 4.71. The van der Waals surface area contributed by atoms with Crippen molar-refractivity contribution in [1.29, 1.82) is 0 Å². The van der Waals surface area contributed by atoms with E-state index in [9.17, 15) is 13.2 Å². The molecule has 1 aromatic heterocycles. The van der Waals surface area contributed by atoms with Gasteiger partial charge in [-0.25, -0.2) is 4.98 Å². The maximum atomic E-state index is 12.5. The van der Waals surface area contributed by atoms with Crippen LogP contribution in [0.1, 0.15) is 31.4 Å². The number of aromatic nitrogens is 2. The van der Waals surface area contributed by atoms with Crippen LogP contribution in [0.4, 0.5) is 13.2 Å². The van der Waals surface area contributed by atoms with Crippen molar-refractivity contribution in [3.8, 4) is 0 Å². The van der Waals surface area contributed by atoms with Crippen molar-refractivity contribution in [1.82, 2.24) is 9.55 Å². The van der Waals surface area contributed by atoms with Crippen LogP contribution in [0.5, 0.6) is 0 Å². The molecular weight excluding hydrogens is 207 g/mol. The van der Waals surface area contributed by atoms with Crippen molar-refractivity contribution in [2.45, 2.75) is 32.5 Å². The van der Waals surface area contributed by atoms with E-state index in [1.807, 2.05) is 0 Å². The van der Waals surface area contributed by atoms with E-state index in [0.29, 0.717) is 18.7 Å². The standard InChI is InChI=1S/C9H14F3N3/c1-6(2)15-5-7(3-4-13)14-8(15)9(10,11)12/h5-6H,3-4,13H2,1-2H3. The Labute approximate surface area is 86.1 Å². The lowest BCUT2D eigenvalue weighted by Gasteiger charge is -2.12. The SMILES string of the molecule is CC(C)n1cc(CCN)nc1C(F)(F)F. The Hall–Kier alpha value is -1.04. The molecule has 0 unspecified atom stereocenters. The van der Waals surface area contributed by atoms with Gasteiger partial charge < -0.3 is 10.3 Å². The summed E-state index contributed by atoms with van der Waals surface area (Å²) in [6.45, 7) is 3.67. The molecule has 0 bridgehead atoms. The average molecular weight is 221 g/mol. The molecule has 0 fully saturated rings. The quantitative estimate of drug-likeness (QED) is 0.848. The van der Waals surface area contributed by atoms with E-state index in [-0.39, 0.29) is 6.04 Å². The van der Waals surface area contributed by atoms with E-state index in [2.05, 4.69) is 4.98 Å². The minimum atomic E-state index is -4.41. The van der Waals surface area contributed by atoms with Gasteiger partial charge in [0, 0.05) is 18.7 Å². The minimum Gasteiger partial charge on any atom is -0.330 e. The summed E-state index contributed by atoms with van der Waals surface area (Å²) in [4.78, 5) is 3.55. The Balaban J connectivity index is 3.12. The van der Waals surface area contributed by atoms with E-state index in [1.165, 1.54) is 6.20 Å². The Morgan fingerprint density at radius 3 is 2.40 bits per heavy atom. The third-order valence-electron chi connectivity index (χ3n) is 1.99. The minimum absolute atomic E-state index is 0.263. The van der Waals surface area contributed by atoms with Crippen LogP contribution in [0, 0.1) is 0 Å². The molecule has 3 nitrogen and oxygen atoms in total. The molecule has 1 aromatic rings. The van der Waals surface area contributed by atoms with Crippen molar-refractivity contribution in [2.75, 3.05) is 6.54 Å². The number of rotatable bonds is 3. The fourth-order valence-electron chi connectivity index (χ4n) is 1.32. The summed E-state index contributed by atoms with van der Waals surface area (Å²) in [5, 5.41) is 0. The predicted octanol–water partition coefficient (Wildman–Crippen LogP) is 1.98. The first-order chi connectivity index (χ1) is 6.86. The Morgan fingerprint density at radius 1 is 1.47 bits per heavy atom. The molecule has 86 valence electrons. The molecule has 1 rings (SSSR count). The first kappa shape index (κ1) is 12.0. The second-order valence-corrected chi connectivity index (χ2v) is 3.59. The highest BCUT2D eigenvalue weighted by molar-refractivity contribution is 5.08. The van der Waals surface area contributed by atoms with Crippen LogP contribution in [0.3, 0.4) is 0 Å². The summed E-state index contributed by atoms with van der Waals surface area (Å²) in [5.41, 5.74) is 5.66. The molecule has 0 aromatic carbocycles. The number of alkyl halides is 3. The average Bonchev–Trinajstić information content (AvgIpc) is 2.48. The lowest BCUT2D eigenvalue weighted by atomic mass is 10.3. The predicted molar refractivity (Wildman–Crippen MR) is 50.4 cm³/mol. The van der Waals surface area contributed by atoms with Gasteiger partial charge in [0.05, 0.1) is 5.69 Å². The summed E-state index contributed by atoms with van der Waals surface area (Å²) in [5.74, 6) is -0.846. The number of hydrogen-bond donors (Lipinski definition) is 1. The van der Waals surface area contributed by atoms with Gasteiger partial charge in [0.15, 0.2) is 0 Å². The van der Waals surface area contributed by atoms with Crippen molar-refractivity contribution in [2.24, 2.45) is 5.73 Å². The van der Waals surface area contributed by atoms with Gasteiger partial charge >= 0.3 is 6.18 Å². The van der Waals surface area contributed by atoms with Crippen LogP contribution in [-0.2, 0) is 12.6 Å². The molecule has 2 N–H and O–H groups in total. The zero-order chi connectivity index (χ0) is 11.6. The molecule has 0 amide bonds. The van der Waals surface area contributed by atoms with Crippen molar-refractivity contribution in [3.63, 3.8) is 0 Å². The van der Waals surface area contributed by atoms with Gasteiger partial charge in [-0.1, -0.05) is 0 Å².